The fourth-order valence-electron chi connectivity index (χ4n) is 9.08. The van der Waals surface area contributed by atoms with Crippen LogP contribution in [0.4, 0.5) is 0 Å². The molecular weight excluding hydrogens is 940 g/mol. The van der Waals surface area contributed by atoms with Crippen molar-refractivity contribution < 1.29 is 37.3 Å². The number of nitrogens with one attached hydrogen (secondary N) is 1. The lowest BCUT2D eigenvalue weighted by molar-refractivity contribution is -0.870. The molecule has 3 unspecified atom stereocenters. The fourth-order valence-corrected chi connectivity index (χ4v) is 9.80. The molecule has 0 bridgehead atoms. The third kappa shape index (κ3) is 54.7. The summed E-state index contributed by atoms with van der Waals surface area (Å²) in [7, 11) is 1.19. The maximum absolute atomic E-state index is 13.5. The van der Waals surface area contributed by atoms with E-state index in [1.807, 2.05) is 33.3 Å². The van der Waals surface area contributed by atoms with Crippen LogP contribution in [0, 0.1) is 0 Å². The molecule has 0 saturated carbocycles. The highest BCUT2D eigenvalue weighted by atomic mass is 31.2. The summed E-state index contributed by atoms with van der Waals surface area (Å²) in [5.74, 6) is -0.540. The second-order valence-electron chi connectivity index (χ2n) is 22.6. The molecule has 0 aromatic carbocycles. The maximum Gasteiger partial charge on any atom is 0.306 e. The molecule has 74 heavy (non-hydrogen) atoms. The molecule has 0 aromatic rings. The van der Waals surface area contributed by atoms with Crippen LogP contribution in [-0.2, 0) is 27.9 Å². The number of quaternary nitrogens is 1. The molecule has 0 rings (SSSR count). The monoisotopic (exact) mass is 1060 g/mol. The van der Waals surface area contributed by atoms with E-state index >= 15 is 0 Å². The first-order chi connectivity index (χ1) is 35.9. The highest BCUT2D eigenvalue weighted by Crippen LogP contribution is 2.38. The zero-order valence-electron chi connectivity index (χ0n) is 49.6. The molecule has 10 heteroatoms. The molecule has 1 N–H and O–H groups in total. The van der Waals surface area contributed by atoms with Crippen LogP contribution in [0.2, 0.25) is 0 Å². The van der Waals surface area contributed by atoms with Gasteiger partial charge < -0.3 is 28.5 Å². The number of hydrogen-bond donors (Lipinski definition) is 1. The van der Waals surface area contributed by atoms with Crippen LogP contribution >= 0.6 is 7.82 Å². The lowest BCUT2D eigenvalue weighted by Gasteiger charge is -2.30. The van der Waals surface area contributed by atoms with Crippen LogP contribution in [0.25, 0.3) is 0 Å². The Morgan fingerprint density at radius 1 is 0.473 bits per heavy atom. The molecule has 0 spiro atoms. The minimum absolute atomic E-state index is 0.0228. The van der Waals surface area contributed by atoms with Crippen molar-refractivity contribution in [3.63, 3.8) is 0 Å². The minimum atomic E-state index is -4.70. The molecule has 0 radical (unpaired) electrons. The number of likely N-dealkylation sites (N-methyl/N-ethyl adjacent to an activating group) is 1. The predicted molar refractivity (Wildman–Crippen MR) is 316 cm³/mol. The first-order valence-electron chi connectivity index (χ1n) is 31.4. The van der Waals surface area contributed by atoms with Gasteiger partial charge in [0.2, 0.25) is 5.91 Å². The Hall–Kier alpha value is -2.03. The zero-order valence-corrected chi connectivity index (χ0v) is 50.4. The van der Waals surface area contributed by atoms with Crippen molar-refractivity contribution in [1.29, 1.82) is 0 Å². The number of phosphoric acid groups is 1. The Balaban J connectivity index is 5.21. The average molecular weight is 1060 g/mol. The summed E-state index contributed by atoms with van der Waals surface area (Å²) in [6.07, 6.45) is 66.4. The van der Waals surface area contributed by atoms with Gasteiger partial charge in [0.05, 0.1) is 33.8 Å². The van der Waals surface area contributed by atoms with Gasteiger partial charge in [-0.1, -0.05) is 243 Å². The molecule has 0 saturated heterocycles. The summed E-state index contributed by atoms with van der Waals surface area (Å²) in [5, 5.41) is 3.03. The van der Waals surface area contributed by atoms with Gasteiger partial charge in [0, 0.05) is 12.8 Å². The summed E-state index contributed by atoms with van der Waals surface area (Å²) in [5.41, 5.74) is 0. The van der Waals surface area contributed by atoms with Crippen LogP contribution in [0.3, 0.4) is 0 Å². The van der Waals surface area contributed by atoms with Crippen molar-refractivity contribution >= 4 is 19.7 Å². The summed E-state index contributed by atoms with van der Waals surface area (Å²) in [4.78, 5) is 40.0. The van der Waals surface area contributed by atoms with Crippen molar-refractivity contribution in [2.45, 2.75) is 309 Å². The molecule has 0 aliphatic rings. The van der Waals surface area contributed by atoms with Crippen LogP contribution in [0.1, 0.15) is 297 Å². The first kappa shape index (κ1) is 72.0. The number of amides is 1. The third-order valence-corrected chi connectivity index (χ3v) is 14.9. The van der Waals surface area contributed by atoms with E-state index in [4.69, 9.17) is 13.8 Å². The summed E-state index contributed by atoms with van der Waals surface area (Å²) >= 11 is 0. The number of unbranched alkanes of at least 4 members (excludes halogenated alkanes) is 35. The Morgan fingerprint density at radius 2 is 0.824 bits per heavy atom. The van der Waals surface area contributed by atoms with Crippen molar-refractivity contribution in [3.05, 3.63) is 48.6 Å². The van der Waals surface area contributed by atoms with E-state index in [0.29, 0.717) is 17.4 Å². The van der Waals surface area contributed by atoms with Gasteiger partial charge in [-0.25, -0.2) is 0 Å². The average Bonchev–Trinajstić information content (AvgIpc) is 3.36. The number of hydrogen-bond acceptors (Lipinski definition) is 7. The summed E-state index contributed by atoms with van der Waals surface area (Å²) in [6, 6.07) is -0.889. The standard InChI is InChI=1S/C64H121N2O7P/c1-7-10-13-16-19-22-25-28-30-31-32-33-34-35-37-38-41-44-47-50-53-56-63(67)65-61(60-72-74(69,70)71-59-58-66(4,5)6)62(55-52-49-46-43-40-27-24-21-18-15-12-9-3)73-64(68)57-54-51-48-45-42-39-36-29-26-23-20-17-14-11-8-2/h19,22-23,26,28,30,52,55,61-62H,7-18,20-21,24-25,27,29,31-51,53-54,56-60H2,1-6H3,(H-,65,67,69,70)/b22-19-,26-23-,30-28-,55-52-. The highest BCUT2D eigenvalue weighted by molar-refractivity contribution is 7.45. The largest absolute Gasteiger partial charge is 0.756 e. The van der Waals surface area contributed by atoms with Crippen LogP contribution in [-0.4, -0.2) is 69.4 Å². The number of carbonyl (C=O) groups excluding carboxylic acids is 2. The molecule has 1 amide bonds. The van der Waals surface area contributed by atoms with E-state index in [0.717, 1.165) is 77.0 Å². The van der Waals surface area contributed by atoms with Gasteiger partial charge in [-0.05, 0) is 89.5 Å². The molecule has 0 aliphatic carbocycles. The Kier molecular flexibility index (Phi) is 52.8. The number of rotatable bonds is 57. The first-order valence-corrected chi connectivity index (χ1v) is 32.9. The van der Waals surface area contributed by atoms with Crippen molar-refractivity contribution in [1.82, 2.24) is 5.32 Å². The lowest BCUT2D eigenvalue weighted by Crippen LogP contribution is -2.47. The van der Waals surface area contributed by atoms with Gasteiger partial charge in [0.15, 0.2) is 0 Å². The van der Waals surface area contributed by atoms with Crippen molar-refractivity contribution in [2.75, 3.05) is 40.9 Å². The number of ether oxygens (including phenoxy) is 1. The van der Waals surface area contributed by atoms with Gasteiger partial charge >= 0.3 is 5.97 Å². The van der Waals surface area contributed by atoms with E-state index in [2.05, 4.69) is 62.5 Å². The van der Waals surface area contributed by atoms with Crippen LogP contribution in [0.15, 0.2) is 48.6 Å². The second-order valence-corrected chi connectivity index (χ2v) is 24.0. The summed E-state index contributed by atoms with van der Waals surface area (Å²) in [6.45, 7) is 6.82. The lowest BCUT2D eigenvalue weighted by atomic mass is 10.0. The topological polar surface area (TPSA) is 114 Å². The van der Waals surface area contributed by atoms with Crippen molar-refractivity contribution in [2.24, 2.45) is 0 Å². The third-order valence-electron chi connectivity index (χ3n) is 14.0. The SMILES string of the molecule is CCCCC/C=C\C/C=C\CCCCCCCCCCCCCC(=O)NC(COP(=O)([O-])OCC[N+](C)(C)C)C(/C=C\CCCCCCCCCCCC)OC(=O)CCCCCCCCC/C=C\CCCCCC. The Labute approximate surface area is 458 Å². The maximum atomic E-state index is 13.5. The van der Waals surface area contributed by atoms with E-state index < -0.39 is 20.0 Å². The van der Waals surface area contributed by atoms with E-state index in [1.165, 1.54) is 186 Å². The highest BCUT2D eigenvalue weighted by Gasteiger charge is 2.27. The van der Waals surface area contributed by atoms with Gasteiger partial charge in [0.25, 0.3) is 7.82 Å². The smallest absolute Gasteiger partial charge is 0.306 e. The van der Waals surface area contributed by atoms with Gasteiger partial charge in [-0.15, -0.1) is 0 Å². The quantitative estimate of drug-likeness (QED) is 0.0212. The molecular formula is C64H121N2O7P. The number of nitrogens with zero attached hydrogens (tertiary/aromatic N) is 1. The van der Waals surface area contributed by atoms with Crippen LogP contribution in [0.5, 0.6) is 0 Å². The number of phosphoric ester groups is 1. The minimum Gasteiger partial charge on any atom is -0.756 e. The molecule has 0 aromatic heterocycles. The Bertz CT molecular complexity index is 1410. The Morgan fingerprint density at radius 3 is 1.27 bits per heavy atom. The molecule has 0 fully saturated rings. The normalized spacial score (nSPS) is 14.0. The van der Waals surface area contributed by atoms with E-state index in [1.54, 1.807) is 0 Å². The molecule has 3 atom stereocenters. The van der Waals surface area contributed by atoms with Gasteiger partial charge in [0.1, 0.15) is 19.3 Å². The molecule has 0 heterocycles. The van der Waals surface area contributed by atoms with Gasteiger partial charge in [-0.3, -0.25) is 14.2 Å². The zero-order chi connectivity index (χ0) is 54.3. The fraction of sp³-hybridized carbons (Fsp3) is 0.844. The van der Waals surface area contributed by atoms with Crippen LogP contribution < -0.4 is 10.2 Å². The van der Waals surface area contributed by atoms with E-state index in [-0.39, 0.29) is 31.5 Å². The number of allylic oxidation sites excluding steroid dienone is 7. The second kappa shape index (κ2) is 54.3. The number of esters is 1. The summed E-state index contributed by atoms with van der Waals surface area (Å²) < 4.78 is 30.3. The molecule has 434 valence electrons. The van der Waals surface area contributed by atoms with Crippen molar-refractivity contribution in [3.8, 4) is 0 Å². The number of carbonyl (C=O) groups is 2. The molecule has 9 nitrogen and oxygen atoms in total. The predicted octanol–water partition coefficient (Wildman–Crippen LogP) is 18.6. The van der Waals surface area contributed by atoms with E-state index in [9.17, 15) is 19.0 Å². The van der Waals surface area contributed by atoms with Gasteiger partial charge in [-0.2, -0.15) is 0 Å². The molecule has 0 aliphatic heterocycles.